The topological polar surface area (TPSA) is 53.6 Å². The van der Waals surface area contributed by atoms with Gasteiger partial charge in [-0.05, 0) is 31.1 Å². The summed E-state index contributed by atoms with van der Waals surface area (Å²) in [4.78, 5) is 4.61. The number of aromatic nitrogens is 2. The van der Waals surface area contributed by atoms with E-state index in [9.17, 15) is 9.65 Å². The highest BCUT2D eigenvalue weighted by Gasteiger charge is 2.27. The number of anilines is 1. The van der Waals surface area contributed by atoms with E-state index in [0.29, 0.717) is 35.2 Å². The van der Waals surface area contributed by atoms with Crippen molar-refractivity contribution in [1.29, 1.82) is 5.26 Å². The van der Waals surface area contributed by atoms with Crippen LogP contribution in [0.2, 0.25) is 0 Å². The van der Waals surface area contributed by atoms with Gasteiger partial charge in [-0.15, -0.1) is 0 Å². The van der Waals surface area contributed by atoms with E-state index in [1.165, 1.54) is 25.3 Å². The zero-order valence-electron chi connectivity index (χ0n) is 13.4. The summed E-state index contributed by atoms with van der Waals surface area (Å²) in [6.07, 6.45) is 7.83. The second-order valence-electron chi connectivity index (χ2n) is 6.43. The summed E-state index contributed by atoms with van der Waals surface area (Å²) in [5.41, 5.74) is 1.65. The summed E-state index contributed by atoms with van der Waals surface area (Å²) in [6, 6.07) is 9.26. The summed E-state index contributed by atoms with van der Waals surface area (Å²) >= 11 is 0. The summed E-state index contributed by atoms with van der Waals surface area (Å²) < 4.78 is 16.3. The molecule has 0 bridgehead atoms. The Morgan fingerprint density at radius 3 is 2.75 bits per heavy atom. The molecule has 1 fully saturated rings. The van der Waals surface area contributed by atoms with Gasteiger partial charge in [-0.3, -0.25) is 0 Å². The van der Waals surface area contributed by atoms with Crippen LogP contribution in [0.3, 0.4) is 0 Å². The zero-order chi connectivity index (χ0) is 16.5. The molecule has 1 N–H and O–H groups in total. The van der Waals surface area contributed by atoms with Gasteiger partial charge in [0, 0.05) is 18.2 Å². The van der Waals surface area contributed by atoms with Crippen molar-refractivity contribution in [3.8, 4) is 17.3 Å². The number of imidazole rings is 1. The van der Waals surface area contributed by atoms with Crippen LogP contribution in [0.1, 0.15) is 37.9 Å². The Hall–Kier alpha value is -2.61. The van der Waals surface area contributed by atoms with Crippen LogP contribution in [-0.4, -0.2) is 15.6 Å². The van der Waals surface area contributed by atoms with E-state index in [1.54, 1.807) is 12.1 Å². The van der Waals surface area contributed by atoms with Crippen LogP contribution in [0.5, 0.6) is 0 Å². The average Bonchev–Trinajstić information content (AvgIpc) is 3.16. The van der Waals surface area contributed by atoms with Crippen LogP contribution in [0.25, 0.3) is 16.8 Å². The van der Waals surface area contributed by atoms with Crippen LogP contribution >= 0.6 is 0 Å². The minimum atomic E-state index is -0.288. The lowest BCUT2D eigenvalue weighted by molar-refractivity contribution is 0.460. The van der Waals surface area contributed by atoms with Crippen LogP contribution in [0.4, 0.5) is 10.2 Å². The zero-order valence-corrected chi connectivity index (χ0v) is 13.4. The maximum atomic E-state index is 14.3. The van der Waals surface area contributed by atoms with Crippen LogP contribution in [-0.2, 0) is 6.54 Å². The molecule has 1 aliphatic carbocycles. The van der Waals surface area contributed by atoms with Crippen molar-refractivity contribution in [2.75, 3.05) is 5.32 Å². The molecule has 1 aliphatic heterocycles. The molecule has 0 saturated heterocycles. The van der Waals surface area contributed by atoms with Crippen LogP contribution < -0.4 is 5.32 Å². The van der Waals surface area contributed by atoms with E-state index in [0.717, 1.165) is 18.7 Å². The molecule has 0 atom stereocenters. The van der Waals surface area contributed by atoms with Gasteiger partial charge in [0.1, 0.15) is 23.4 Å². The van der Waals surface area contributed by atoms with E-state index in [1.807, 2.05) is 16.7 Å². The summed E-state index contributed by atoms with van der Waals surface area (Å²) in [5.74, 6) is 1.18. The van der Waals surface area contributed by atoms with Gasteiger partial charge >= 0.3 is 0 Å². The maximum Gasteiger partial charge on any atom is 0.153 e. The maximum absolute atomic E-state index is 14.3. The fourth-order valence-electron chi connectivity index (χ4n) is 3.63. The molecule has 4 nitrogen and oxygen atoms in total. The lowest BCUT2D eigenvalue weighted by Crippen LogP contribution is -2.24. The average molecular weight is 322 g/mol. The number of nitriles is 1. The molecule has 2 aliphatic rings. The highest BCUT2D eigenvalue weighted by atomic mass is 19.1. The molecule has 0 unspecified atom stereocenters. The Morgan fingerprint density at radius 1 is 1.21 bits per heavy atom. The Labute approximate surface area is 140 Å². The molecule has 122 valence electrons. The molecule has 2 heterocycles. The number of hydrogen-bond acceptors (Lipinski definition) is 3. The smallest absolute Gasteiger partial charge is 0.153 e. The monoisotopic (exact) mass is 322 g/mol. The van der Waals surface area contributed by atoms with Crippen molar-refractivity contribution in [2.24, 2.45) is 0 Å². The molecule has 1 aromatic carbocycles. The molecular weight excluding hydrogens is 303 g/mol. The van der Waals surface area contributed by atoms with Gasteiger partial charge in [-0.2, -0.15) is 5.26 Å². The number of rotatable bonds is 3. The largest absolute Gasteiger partial charge is 0.367 e. The van der Waals surface area contributed by atoms with Crippen molar-refractivity contribution in [3.05, 3.63) is 42.0 Å². The third-order valence-electron chi connectivity index (χ3n) is 4.88. The minimum absolute atomic E-state index is 0.288. The molecule has 1 aromatic heterocycles. The number of hydrogen-bond donors (Lipinski definition) is 1. The highest BCUT2D eigenvalue weighted by Crippen LogP contribution is 2.36. The van der Waals surface area contributed by atoms with Gasteiger partial charge in [-0.1, -0.05) is 31.4 Å². The lowest BCUT2D eigenvalue weighted by Gasteiger charge is -2.24. The van der Waals surface area contributed by atoms with Crippen molar-refractivity contribution in [1.82, 2.24) is 9.55 Å². The molecule has 0 amide bonds. The predicted octanol–water partition coefficient (Wildman–Crippen LogP) is 4.35. The second-order valence-corrected chi connectivity index (χ2v) is 6.43. The normalized spacial score (nSPS) is 17.2. The first-order valence-corrected chi connectivity index (χ1v) is 8.50. The van der Waals surface area contributed by atoms with Crippen molar-refractivity contribution < 1.29 is 4.39 Å². The number of halogens is 1. The van der Waals surface area contributed by atoms with Gasteiger partial charge < -0.3 is 9.88 Å². The summed E-state index contributed by atoms with van der Waals surface area (Å²) in [5, 5.41) is 12.9. The fraction of sp³-hybridized carbons (Fsp3) is 0.368. The first-order chi connectivity index (χ1) is 11.8. The van der Waals surface area contributed by atoms with Gasteiger partial charge in [0.2, 0.25) is 0 Å². The van der Waals surface area contributed by atoms with E-state index in [2.05, 4.69) is 16.4 Å². The number of nitrogens with zero attached hydrogens (tertiary/aromatic N) is 3. The number of benzene rings is 1. The predicted molar refractivity (Wildman–Crippen MR) is 91.7 cm³/mol. The standard InChI is InChI=1S/C19H19FN4/c20-16-9-5-4-8-15(16)17-19(22-14-6-2-1-3-7-14)24-11-10-13(12-21)18(24)23-17/h4-5,8-10,14,22H,1-3,6-7,11H2. The Bertz CT molecular complexity index is 838. The Balaban J connectivity index is 1.79. The first kappa shape index (κ1) is 14.9. The van der Waals surface area contributed by atoms with E-state index >= 15 is 0 Å². The van der Waals surface area contributed by atoms with Crippen LogP contribution in [0.15, 0.2) is 30.3 Å². The molecule has 24 heavy (non-hydrogen) atoms. The molecule has 0 spiro atoms. The second kappa shape index (κ2) is 6.12. The van der Waals surface area contributed by atoms with Crippen LogP contribution in [0, 0.1) is 17.1 Å². The molecule has 1 saturated carbocycles. The molecule has 0 radical (unpaired) electrons. The van der Waals surface area contributed by atoms with Gasteiger partial charge in [0.15, 0.2) is 5.82 Å². The van der Waals surface area contributed by atoms with Gasteiger partial charge in [-0.25, -0.2) is 9.37 Å². The van der Waals surface area contributed by atoms with E-state index < -0.39 is 0 Å². The number of allylic oxidation sites excluding steroid dienone is 2. The van der Waals surface area contributed by atoms with E-state index in [-0.39, 0.29) is 5.82 Å². The van der Waals surface area contributed by atoms with Crippen molar-refractivity contribution >= 4 is 11.4 Å². The fourth-order valence-corrected chi connectivity index (χ4v) is 3.63. The Morgan fingerprint density at radius 2 is 2.00 bits per heavy atom. The lowest BCUT2D eigenvalue weighted by atomic mass is 9.95. The third-order valence-corrected chi connectivity index (χ3v) is 4.88. The summed E-state index contributed by atoms with van der Waals surface area (Å²) in [7, 11) is 0. The molecule has 2 aromatic rings. The van der Waals surface area contributed by atoms with E-state index in [4.69, 9.17) is 0 Å². The third kappa shape index (κ3) is 2.48. The molecular formula is C19H19FN4. The van der Waals surface area contributed by atoms with Crippen molar-refractivity contribution in [3.63, 3.8) is 0 Å². The quantitative estimate of drug-likeness (QED) is 0.914. The minimum Gasteiger partial charge on any atom is -0.367 e. The molecule has 5 heteroatoms. The first-order valence-electron chi connectivity index (χ1n) is 8.50. The highest BCUT2D eigenvalue weighted by molar-refractivity contribution is 5.82. The number of fused-ring (bicyclic) bond motifs is 1. The molecule has 4 rings (SSSR count). The van der Waals surface area contributed by atoms with Gasteiger partial charge in [0.05, 0.1) is 5.57 Å². The van der Waals surface area contributed by atoms with Crippen molar-refractivity contribution in [2.45, 2.75) is 44.7 Å². The number of nitrogens with one attached hydrogen (secondary N) is 1. The SMILES string of the molecule is N#CC1=CCn2c1nc(-c1ccccc1F)c2NC1CCCCC1. The Kier molecular flexibility index (Phi) is 3.81. The summed E-state index contributed by atoms with van der Waals surface area (Å²) in [6.45, 7) is 0.606. The van der Waals surface area contributed by atoms with Gasteiger partial charge in [0.25, 0.3) is 0 Å².